The second kappa shape index (κ2) is 4.53. The number of fused-ring (bicyclic) bond motifs is 1. The lowest BCUT2D eigenvalue weighted by Crippen LogP contribution is -2.02. The molecule has 2 aromatic rings. The zero-order chi connectivity index (χ0) is 11.5. The van der Waals surface area contributed by atoms with E-state index in [9.17, 15) is 8.78 Å². The topological polar surface area (TPSA) is 38.9 Å². The molecule has 0 aliphatic rings. The van der Waals surface area contributed by atoms with Crippen LogP contribution in [-0.4, -0.2) is 11.5 Å². The van der Waals surface area contributed by atoms with E-state index in [1.165, 1.54) is 6.07 Å². The number of aromatic nitrogens is 1. The van der Waals surface area contributed by atoms with Crippen molar-refractivity contribution in [2.45, 2.75) is 12.8 Å². The minimum Gasteiger partial charge on any atom is -0.330 e. The summed E-state index contributed by atoms with van der Waals surface area (Å²) in [4.78, 5) is 4.16. The molecule has 1 aromatic carbocycles. The number of hydrogen-bond donors (Lipinski definition) is 1. The Hall–Kier alpha value is -1.55. The highest BCUT2D eigenvalue weighted by Crippen LogP contribution is 2.18. The Labute approximate surface area is 92.1 Å². The lowest BCUT2D eigenvalue weighted by molar-refractivity contribution is 0.590. The molecule has 0 radical (unpaired) electrons. The molecule has 0 unspecified atom stereocenters. The summed E-state index contributed by atoms with van der Waals surface area (Å²) in [5.74, 6) is -1.20. The van der Waals surface area contributed by atoms with E-state index in [4.69, 9.17) is 5.73 Å². The number of nitrogens with zero attached hydrogens (tertiary/aromatic N) is 1. The Morgan fingerprint density at radius 1 is 1.19 bits per heavy atom. The SMILES string of the molecule is NCCCc1ccc2cc(F)cc(F)c2n1. The molecule has 0 saturated carbocycles. The maximum Gasteiger partial charge on any atom is 0.152 e. The number of rotatable bonds is 3. The largest absolute Gasteiger partial charge is 0.330 e. The van der Waals surface area contributed by atoms with Crippen LogP contribution in [0.2, 0.25) is 0 Å². The van der Waals surface area contributed by atoms with Crippen molar-refractivity contribution < 1.29 is 8.78 Å². The van der Waals surface area contributed by atoms with E-state index in [1.807, 2.05) is 0 Å². The van der Waals surface area contributed by atoms with Crippen LogP contribution in [0.25, 0.3) is 10.9 Å². The van der Waals surface area contributed by atoms with Gasteiger partial charge in [-0.05, 0) is 31.5 Å². The van der Waals surface area contributed by atoms with Crippen LogP contribution < -0.4 is 5.73 Å². The molecule has 0 bridgehead atoms. The first-order valence-corrected chi connectivity index (χ1v) is 5.15. The number of benzene rings is 1. The predicted molar refractivity (Wildman–Crippen MR) is 59.0 cm³/mol. The first kappa shape index (κ1) is 11.0. The van der Waals surface area contributed by atoms with E-state index in [0.29, 0.717) is 18.4 Å². The van der Waals surface area contributed by atoms with E-state index in [0.717, 1.165) is 18.2 Å². The van der Waals surface area contributed by atoms with Gasteiger partial charge in [-0.1, -0.05) is 6.07 Å². The average Bonchev–Trinajstić information content (AvgIpc) is 2.26. The minimum atomic E-state index is -0.621. The van der Waals surface area contributed by atoms with Crippen molar-refractivity contribution in [1.29, 1.82) is 0 Å². The van der Waals surface area contributed by atoms with Crippen LogP contribution in [0.4, 0.5) is 8.78 Å². The van der Waals surface area contributed by atoms with Gasteiger partial charge in [-0.25, -0.2) is 13.8 Å². The molecule has 2 N–H and O–H groups in total. The van der Waals surface area contributed by atoms with Gasteiger partial charge in [0.15, 0.2) is 5.82 Å². The van der Waals surface area contributed by atoms with Gasteiger partial charge in [0.05, 0.1) is 0 Å². The highest BCUT2D eigenvalue weighted by atomic mass is 19.1. The third-order valence-corrected chi connectivity index (χ3v) is 2.41. The van der Waals surface area contributed by atoms with Crippen molar-refractivity contribution in [1.82, 2.24) is 4.98 Å². The van der Waals surface area contributed by atoms with Crippen LogP contribution in [-0.2, 0) is 6.42 Å². The fraction of sp³-hybridized carbons (Fsp3) is 0.250. The Morgan fingerprint density at radius 3 is 2.75 bits per heavy atom. The monoisotopic (exact) mass is 222 g/mol. The third kappa shape index (κ3) is 2.17. The molecular weight excluding hydrogens is 210 g/mol. The molecule has 4 heteroatoms. The van der Waals surface area contributed by atoms with E-state index in [1.54, 1.807) is 12.1 Å². The summed E-state index contributed by atoms with van der Waals surface area (Å²) in [5, 5.41) is 0.481. The highest BCUT2D eigenvalue weighted by Gasteiger charge is 2.06. The minimum absolute atomic E-state index is 0.218. The van der Waals surface area contributed by atoms with Crippen LogP contribution in [0.15, 0.2) is 24.3 Å². The predicted octanol–water partition coefficient (Wildman–Crippen LogP) is 2.40. The van der Waals surface area contributed by atoms with Gasteiger partial charge in [0.1, 0.15) is 11.3 Å². The van der Waals surface area contributed by atoms with Crippen molar-refractivity contribution in [2.24, 2.45) is 5.73 Å². The van der Waals surface area contributed by atoms with E-state index in [-0.39, 0.29) is 5.52 Å². The molecule has 16 heavy (non-hydrogen) atoms. The van der Waals surface area contributed by atoms with Crippen molar-refractivity contribution in [2.75, 3.05) is 6.54 Å². The number of pyridine rings is 1. The molecule has 0 atom stereocenters. The Bertz CT molecular complexity index is 512. The van der Waals surface area contributed by atoms with Crippen LogP contribution in [0.1, 0.15) is 12.1 Å². The van der Waals surface area contributed by atoms with Crippen LogP contribution in [0.5, 0.6) is 0 Å². The summed E-state index contributed by atoms with van der Waals surface area (Å²) in [6.07, 6.45) is 1.52. The molecular formula is C12H12F2N2. The van der Waals surface area contributed by atoms with Crippen molar-refractivity contribution in [3.63, 3.8) is 0 Å². The zero-order valence-corrected chi connectivity index (χ0v) is 8.71. The summed E-state index contributed by atoms with van der Waals surface area (Å²) in [7, 11) is 0. The third-order valence-electron chi connectivity index (χ3n) is 2.41. The second-order valence-corrected chi connectivity index (χ2v) is 3.65. The molecule has 0 saturated heterocycles. The van der Waals surface area contributed by atoms with Gasteiger partial charge in [-0.2, -0.15) is 0 Å². The van der Waals surface area contributed by atoms with Gasteiger partial charge in [0.25, 0.3) is 0 Å². The van der Waals surface area contributed by atoms with E-state index < -0.39 is 11.6 Å². The fourth-order valence-electron chi connectivity index (χ4n) is 1.62. The molecule has 0 aliphatic heterocycles. The molecule has 2 rings (SSSR count). The first-order valence-electron chi connectivity index (χ1n) is 5.15. The van der Waals surface area contributed by atoms with Crippen molar-refractivity contribution in [3.8, 4) is 0 Å². The van der Waals surface area contributed by atoms with E-state index in [2.05, 4.69) is 4.98 Å². The fourth-order valence-corrected chi connectivity index (χ4v) is 1.62. The van der Waals surface area contributed by atoms with Crippen LogP contribution in [0, 0.1) is 11.6 Å². The molecule has 0 fully saturated rings. The maximum atomic E-state index is 13.4. The van der Waals surface area contributed by atoms with Crippen LogP contribution >= 0.6 is 0 Å². The molecule has 84 valence electrons. The Morgan fingerprint density at radius 2 is 2.00 bits per heavy atom. The van der Waals surface area contributed by atoms with Crippen molar-refractivity contribution in [3.05, 3.63) is 41.6 Å². The zero-order valence-electron chi connectivity index (χ0n) is 8.71. The highest BCUT2D eigenvalue weighted by molar-refractivity contribution is 5.79. The van der Waals surface area contributed by atoms with E-state index >= 15 is 0 Å². The summed E-state index contributed by atoms with van der Waals surface area (Å²) in [5.41, 5.74) is 6.39. The quantitative estimate of drug-likeness (QED) is 0.866. The molecule has 0 aliphatic carbocycles. The van der Waals surface area contributed by atoms with Gasteiger partial charge in [0.2, 0.25) is 0 Å². The van der Waals surface area contributed by atoms with Gasteiger partial charge in [0, 0.05) is 17.1 Å². The van der Waals surface area contributed by atoms with Gasteiger partial charge in [-0.3, -0.25) is 0 Å². The summed E-state index contributed by atoms with van der Waals surface area (Å²) < 4.78 is 26.3. The first-order chi connectivity index (χ1) is 7.70. The lowest BCUT2D eigenvalue weighted by Gasteiger charge is -2.03. The van der Waals surface area contributed by atoms with Crippen LogP contribution in [0.3, 0.4) is 0 Å². The molecule has 2 nitrogen and oxygen atoms in total. The lowest BCUT2D eigenvalue weighted by atomic mass is 10.1. The summed E-state index contributed by atoms with van der Waals surface area (Å²) >= 11 is 0. The smallest absolute Gasteiger partial charge is 0.152 e. The summed E-state index contributed by atoms with van der Waals surface area (Å²) in [6, 6.07) is 5.58. The molecule has 0 spiro atoms. The molecule has 0 amide bonds. The number of hydrogen-bond acceptors (Lipinski definition) is 2. The standard InChI is InChI=1S/C12H12F2N2/c13-9-6-8-3-4-10(2-1-5-15)16-12(8)11(14)7-9/h3-4,6-7H,1-2,5,15H2. The molecule has 1 aromatic heterocycles. The number of nitrogens with two attached hydrogens (primary N) is 1. The normalized spacial score (nSPS) is 10.9. The Balaban J connectivity index is 2.45. The number of halogens is 2. The Kier molecular flexibility index (Phi) is 3.10. The van der Waals surface area contributed by atoms with Crippen molar-refractivity contribution >= 4 is 10.9 Å². The summed E-state index contributed by atoms with van der Waals surface area (Å²) in [6.45, 7) is 0.575. The second-order valence-electron chi connectivity index (χ2n) is 3.65. The van der Waals surface area contributed by atoms with Gasteiger partial charge >= 0.3 is 0 Å². The number of aryl methyl sites for hydroxylation is 1. The average molecular weight is 222 g/mol. The molecule has 1 heterocycles. The van der Waals surface area contributed by atoms with Gasteiger partial charge < -0.3 is 5.73 Å². The maximum absolute atomic E-state index is 13.4. The van der Waals surface area contributed by atoms with Gasteiger partial charge in [-0.15, -0.1) is 0 Å².